The van der Waals surface area contributed by atoms with Gasteiger partial charge < -0.3 is 25.4 Å². The van der Waals surface area contributed by atoms with Gasteiger partial charge in [0.15, 0.2) is 16.6 Å². The molecule has 3 aliphatic heterocycles. The summed E-state index contributed by atoms with van der Waals surface area (Å²) in [5.41, 5.74) is 0.345. The van der Waals surface area contributed by atoms with E-state index in [9.17, 15) is 27.2 Å². The molecule has 0 radical (unpaired) electrons. The zero-order valence-electron chi connectivity index (χ0n) is 17.9. The monoisotopic (exact) mass is 503 g/mol. The van der Waals surface area contributed by atoms with E-state index in [2.05, 4.69) is 30.4 Å². The Morgan fingerprint density at radius 2 is 1.91 bits per heavy atom. The Morgan fingerprint density at radius 3 is 2.62 bits per heavy atom. The number of benzene rings is 1. The van der Waals surface area contributed by atoms with Gasteiger partial charge in [-0.3, -0.25) is 9.69 Å². The predicted octanol–water partition coefficient (Wildman–Crippen LogP) is 2.83. The molecule has 1 aromatic carbocycles. The van der Waals surface area contributed by atoms with Crippen LogP contribution in [0.15, 0.2) is 12.1 Å². The van der Waals surface area contributed by atoms with Crippen LogP contribution in [-0.4, -0.2) is 66.3 Å². The molecule has 1 aromatic heterocycles. The number of halogens is 4. The van der Waals surface area contributed by atoms with Gasteiger partial charge in [-0.05, 0) is 6.92 Å². The van der Waals surface area contributed by atoms with Gasteiger partial charge in [-0.1, -0.05) is 11.3 Å². The molecular weight excluding hydrogens is 482 g/mol. The van der Waals surface area contributed by atoms with Crippen molar-refractivity contribution < 1.29 is 36.6 Å². The molecule has 14 heteroatoms. The predicted molar refractivity (Wildman–Crippen MR) is 113 cm³/mol. The number of hydrogen-bond acceptors (Lipinski definition) is 7. The summed E-state index contributed by atoms with van der Waals surface area (Å²) in [4.78, 5) is 30.1. The number of fused-ring (bicyclic) bond motifs is 2. The van der Waals surface area contributed by atoms with Gasteiger partial charge in [-0.2, -0.15) is 0 Å². The molecule has 3 amide bonds. The Bertz CT molecular complexity index is 1090. The number of nitrogens with zero attached hydrogens (tertiary/aromatic N) is 2. The summed E-state index contributed by atoms with van der Waals surface area (Å²) in [6, 6.07) is 1.56. The van der Waals surface area contributed by atoms with Crippen LogP contribution in [0.3, 0.4) is 0 Å². The number of carbonyl (C=O) groups is 2. The van der Waals surface area contributed by atoms with Gasteiger partial charge in [0, 0.05) is 56.6 Å². The minimum atomic E-state index is -3.74. The largest absolute Gasteiger partial charge is 0.586 e. The maximum Gasteiger partial charge on any atom is 0.586 e. The molecule has 0 saturated carbocycles. The van der Waals surface area contributed by atoms with Crippen molar-refractivity contribution in [3.05, 3.63) is 12.1 Å². The second-order valence-electron chi connectivity index (χ2n) is 8.58. The fourth-order valence-electron chi connectivity index (χ4n) is 4.47. The van der Waals surface area contributed by atoms with Crippen molar-refractivity contribution in [2.24, 2.45) is 11.8 Å². The molecule has 0 bridgehead atoms. The lowest BCUT2D eigenvalue weighted by Gasteiger charge is -2.44. The van der Waals surface area contributed by atoms with E-state index >= 15 is 0 Å². The number of hydrogen-bond donors (Lipinski definition) is 3. The van der Waals surface area contributed by atoms with Crippen LogP contribution >= 0.6 is 11.3 Å². The molecule has 2 saturated heterocycles. The average molecular weight is 503 g/mol. The van der Waals surface area contributed by atoms with E-state index in [0.717, 1.165) is 11.3 Å². The molecule has 1 unspecified atom stereocenters. The average Bonchev–Trinajstić information content (AvgIpc) is 3.28. The first kappa shape index (κ1) is 22.9. The minimum Gasteiger partial charge on any atom is -0.395 e. The standard InChI is InChI=1S/C20H21F4N5O4S/c1-9(29-3-2-19(21,22)11(8-29)10-6-25-17(31)26-7-10)16(30)28-18-27-12-4-13-14(5-15(12)34-18)33-20(23,24)32-13/h4-5,9-11H,2-3,6-8H2,1H3,(H2,25,26,31)(H,27,28,30)/t9-,11?/m0/s1. The Labute approximate surface area is 194 Å². The molecular formula is C20H21F4N5O4S. The highest BCUT2D eigenvalue weighted by Crippen LogP contribution is 2.45. The van der Waals surface area contributed by atoms with Gasteiger partial charge in [0.1, 0.15) is 0 Å². The molecule has 184 valence electrons. The van der Waals surface area contributed by atoms with E-state index in [1.807, 2.05) is 0 Å². The molecule has 3 aliphatic rings. The molecule has 34 heavy (non-hydrogen) atoms. The number of urea groups is 1. The Balaban J connectivity index is 1.26. The number of nitrogens with one attached hydrogen (secondary N) is 3. The van der Waals surface area contributed by atoms with E-state index in [1.165, 1.54) is 12.1 Å². The number of piperidine rings is 1. The maximum absolute atomic E-state index is 14.7. The Kier molecular flexibility index (Phi) is 5.47. The van der Waals surface area contributed by atoms with Crippen molar-refractivity contribution in [1.82, 2.24) is 20.5 Å². The zero-order chi connectivity index (χ0) is 24.3. The summed E-state index contributed by atoms with van der Waals surface area (Å²) >= 11 is 1.07. The minimum absolute atomic E-state index is 0.000736. The topological polar surface area (TPSA) is 105 Å². The number of carbonyl (C=O) groups excluding carboxylic acids is 2. The van der Waals surface area contributed by atoms with E-state index in [0.29, 0.717) is 10.2 Å². The Hall–Kier alpha value is -2.87. The van der Waals surface area contributed by atoms with Crippen molar-refractivity contribution in [1.29, 1.82) is 0 Å². The lowest BCUT2D eigenvalue weighted by molar-refractivity contribution is -0.286. The van der Waals surface area contributed by atoms with E-state index in [4.69, 9.17) is 0 Å². The molecule has 4 heterocycles. The lowest BCUT2D eigenvalue weighted by atomic mass is 9.81. The summed E-state index contributed by atoms with van der Waals surface area (Å²) in [7, 11) is 0. The third-order valence-electron chi connectivity index (χ3n) is 6.39. The van der Waals surface area contributed by atoms with Crippen molar-refractivity contribution >= 4 is 38.6 Å². The molecule has 0 aliphatic carbocycles. The quantitative estimate of drug-likeness (QED) is 0.555. The number of amides is 3. The van der Waals surface area contributed by atoms with Crippen molar-refractivity contribution in [3.8, 4) is 11.5 Å². The van der Waals surface area contributed by atoms with Crippen LogP contribution < -0.4 is 25.4 Å². The smallest absolute Gasteiger partial charge is 0.395 e. The normalized spacial score (nSPS) is 25.0. The molecule has 9 nitrogen and oxygen atoms in total. The summed E-state index contributed by atoms with van der Waals surface area (Å²) in [6.07, 6.45) is -4.13. The van der Waals surface area contributed by atoms with Gasteiger partial charge in [-0.15, -0.1) is 8.78 Å². The number of ether oxygens (including phenoxy) is 2. The zero-order valence-corrected chi connectivity index (χ0v) is 18.7. The Morgan fingerprint density at radius 1 is 1.24 bits per heavy atom. The van der Waals surface area contributed by atoms with Gasteiger partial charge in [0.05, 0.1) is 16.3 Å². The van der Waals surface area contributed by atoms with Crippen LogP contribution in [0.25, 0.3) is 10.2 Å². The van der Waals surface area contributed by atoms with Gasteiger partial charge in [0.25, 0.3) is 5.92 Å². The van der Waals surface area contributed by atoms with Crippen LogP contribution in [0, 0.1) is 11.8 Å². The second-order valence-corrected chi connectivity index (χ2v) is 9.61. The fraction of sp³-hybridized carbons (Fsp3) is 0.550. The van der Waals surface area contributed by atoms with Crippen LogP contribution in [0.2, 0.25) is 0 Å². The third kappa shape index (κ3) is 4.31. The molecule has 2 aromatic rings. The molecule has 3 N–H and O–H groups in total. The summed E-state index contributed by atoms with van der Waals surface area (Å²) in [5, 5.41) is 8.02. The first-order valence-electron chi connectivity index (χ1n) is 10.7. The lowest BCUT2D eigenvalue weighted by Crippen LogP contribution is -2.59. The van der Waals surface area contributed by atoms with Crippen LogP contribution in [0.4, 0.5) is 27.5 Å². The highest BCUT2D eigenvalue weighted by atomic mass is 32.1. The molecule has 2 fully saturated rings. The summed E-state index contributed by atoms with van der Waals surface area (Å²) in [5.74, 6) is -5.09. The first-order chi connectivity index (χ1) is 16.0. The van der Waals surface area contributed by atoms with Crippen molar-refractivity contribution in [3.63, 3.8) is 0 Å². The third-order valence-corrected chi connectivity index (χ3v) is 7.33. The first-order valence-corrected chi connectivity index (χ1v) is 11.5. The second kappa shape index (κ2) is 8.12. The number of anilines is 1. The fourth-order valence-corrected chi connectivity index (χ4v) is 5.35. The number of alkyl halides is 4. The SMILES string of the molecule is C[C@@H](C(=O)Nc1nc2cc3c(cc2s1)OC(F)(F)O3)N1CCC(F)(F)C(C2CNC(=O)NC2)C1. The molecule has 0 spiro atoms. The van der Waals surface area contributed by atoms with E-state index in [1.54, 1.807) is 11.8 Å². The summed E-state index contributed by atoms with van der Waals surface area (Å²) < 4.78 is 65.1. The van der Waals surface area contributed by atoms with Crippen molar-refractivity contribution in [2.75, 3.05) is 31.5 Å². The van der Waals surface area contributed by atoms with Gasteiger partial charge in [-0.25, -0.2) is 18.6 Å². The molecule has 5 rings (SSSR count). The number of aromatic nitrogens is 1. The molecule has 2 atom stereocenters. The van der Waals surface area contributed by atoms with Gasteiger partial charge in [0.2, 0.25) is 5.91 Å². The highest BCUT2D eigenvalue weighted by molar-refractivity contribution is 7.22. The highest BCUT2D eigenvalue weighted by Gasteiger charge is 2.49. The van der Waals surface area contributed by atoms with E-state index in [-0.39, 0.29) is 48.8 Å². The summed E-state index contributed by atoms with van der Waals surface area (Å²) in [6.45, 7) is 1.97. The van der Waals surface area contributed by atoms with Gasteiger partial charge >= 0.3 is 12.3 Å². The maximum atomic E-state index is 14.7. The number of rotatable bonds is 4. The van der Waals surface area contributed by atoms with Crippen molar-refractivity contribution in [2.45, 2.75) is 31.6 Å². The van der Waals surface area contributed by atoms with E-state index < -0.39 is 42.4 Å². The van der Waals surface area contributed by atoms with Crippen LogP contribution in [0.1, 0.15) is 13.3 Å². The van der Waals surface area contributed by atoms with Crippen LogP contribution in [-0.2, 0) is 4.79 Å². The number of thiazole rings is 1. The number of likely N-dealkylation sites (tertiary alicyclic amines) is 1. The van der Waals surface area contributed by atoms with Crippen LogP contribution in [0.5, 0.6) is 11.5 Å².